The Morgan fingerprint density at radius 1 is 0.280 bits per heavy atom. The van der Waals surface area contributed by atoms with Gasteiger partial charge in [-0.3, -0.25) is 37.3 Å². The van der Waals surface area contributed by atoms with Crippen molar-refractivity contribution < 1.29 is 80.2 Å². The normalized spacial score (nSPS) is 14.1. The molecule has 0 heterocycles. The van der Waals surface area contributed by atoms with Crippen LogP contribution >= 0.6 is 15.6 Å². The van der Waals surface area contributed by atoms with Gasteiger partial charge in [-0.05, 0) is 31.6 Å². The summed E-state index contributed by atoms with van der Waals surface area (Å²) in [6, 6.07) is 0. The predicted octanol–water partition coefficient (Wildman–Crippen LogP) is 24.4. The molecule has 0 rings (SSSR count). The average Bonchev–Trinajstić information content (AvgIpc) is 0.963. The average molecular weight is 1470 g/mol. The van der Waals surface area contributed by atoms with Crippen LogP contribution in [0.2, 0.25) is 0 Å². The molecular formula is C81H158O17P2. The van der Waals surface area contributed by atoms with Crippen molar-refractivity contribution in [3.8, 4) is 0 Å². The van der Waals surface area contributed by atoms with Gasteiger partial charge in [-0.1, -0.05) is 381 Å². The second kappa shape index (κ2) is 73.9. The lowest BCUT2D eigenvalue weighted by molar-refractivity contribution is -0.161. The fourth-order valence-electron chi connectivity index (χ4n) is 12.6. The van der Waals surface area contributed by atoms with E-state index in [9.17, 15) is 43.2 Å². The first-order valence-corrected chi connectivity index (χ1v) is 45.2. The Balaban J connectivity index is 5.25. The Bertz CT molecular complexity index is 1910. The van der Waals surface area contributed by atoms with Crippen LogP contribution in [-0.4, -0.2) is 96.7 Å². The number of aliphatic hydroxyl groups is 1. The summed E-state index contributed by atoms with van der Waals surface area (Å²) in [5.41, 5.74) is 0. The summed E-state index contributed by atoms with van der Waals surface area (Å²) in [5, 5.41) is 10.6. The highest BCUT2D eigenvalue weighted by atomic mass is 31.2. The van der Waals surface area contributed by atoms with Crippen LogP contribution in [0.5, 0.6) is 0 Å². The largest absolute Gasteiger partial charge is 0.472 e. The third-order valence-electron chi connectivity index (χ3n) is 19.4. The number of phosphoric acid groups is 2. The van der Waals surface area contributed by atoms with Crippen molar-refractivity contribution in [3.63, 3.8) is 0 Å². The van der Waals surface area contributed by atoms with Crippen LogP contribution in [0.1, 0.15) is 433 Å². The molecule has 100 heavy (non-hydrogen) atoms. The molecule has 0 bridgehead atoms. The number of aliphatic hydroxyl groups excluding tert-OH is 1. The molecule has 594 valence electrons. The SMILES string of the molecule is CCCCCCCCCCCCCCCCCCCCC(=O)O[C@H](COC(=O)CCCCCCCCCCCCCCCCCCC)COP(=O)(O)OC[C@@H](O)COP(=O)(O)OC[C@@H](COC(=O)CCCCCCCCCCCCC)OC(=O)CCCCCCCCCCCCC(C)CC. The quantitative estimate of drug-likeness (QED) is 0.0222. The van der Waals surface area contributed by atoms with Crippen molar-refractivity contribution in [1.29, 1.82) is 0 Å². The van der Waals surface area contributed by atoms with E-state index in [1.165, 1.54) is 257 Å². The Morgan fingerprint density at radius 2 is 0.480 bits per heavy atom. The summed E-state index contributed by atoms with van der Waals surface area (Å²) in [7, 11) is -9.92. The molecular weight excluding hydrogens is 1310 g/mol. The number of hydrogen-bond donors (Lipinski definition) is 3. The van der Waals surface area contributed by atoms with Crippen molar-refractivity contribution in [3.05, 3.63) is 0 Å². The third-order valence-corrected chi connectivity index (χ3v) is 21.3. The molecule has 0 aromatic heterocycles. The minimum atomic E-state index is -4.96. The molecule has 0 aromatic carbocycles. The lowest BCUT2D eigenvalue weighted by Gasteiger charge is -2.21. The lowest BCUT2D eigenvalue weighted by Crippen LogP contribution is -2.30. The molecule has 3 N–H and O–H groups in total. The van der Waals surface area contributed by atoms with Crippen LogP contribution in [-0.2, 0) is 65.4 Å². The molecule has 19 heteroatoms. The van der Waals surface area contributed by atoms with Crippen LogP contribution in [0, 0.1) is 5.92 Å². The van der Waals surface area contributed by atoms with Gasteiger partial charge in [0.05, 0.1) is 26.4 Å². The number of rotatable bonds is 81. The van der Waals surface area contributed by atoms with Gasteiger partial charge in [-0.15, -0.1) is 0 Å². The van der Waals surface area contributed by atoms with E-state index in [-0.39, 0.29) is 25.7 Å². The molecule has 0 aliphatic heterocycles. The zero-order valence-corrected chi connectivity index (χ0v) is 67.1. The maximum atomic E-state index is 13.1. The molecule has 0 spiro atoms. The van der Waals surface area contributed by atoms with Crippen molar-refractivity contribution in [1.82, 2.24) is 0 Å². The summed E-state index contributed by atoms with van der Waals surface area (Å²) in [6.45, 7) is 7.36. The Labute approximate surface area is 613 Å². The fourth-order valence-corrected chi connectivity index (χ4v) is 14.1. The second-order valence-corrected chi connectivity index (χ2v) is 32.3. The van der Waals surface area contributed by atoms with E-state index >= 15 is 0 Å². The minimum absolute atomic E-state index is 0.107. The van der Waals surface area contributed by atoms with Crippen molar-refractivity contribution in [2.24, 2.45) is 5.92 Å². The van der Waals surface area contributed by atoms with Gasteiger partial charge in [-0.2, -0.15) is 0 Å². The molecule has 0 aromatic rings. The maximum Gasteiger partial charge on any atom is 0.472 e. The van der Waals surface area contributed by atoms with E-state index in [1.54, 1.807) is 0 Å². The Kier molecular flexibility index (Phi) is 72.5. The number of ether oxygens (including phenoxy) is 4. The minimum Gasteiger partial charge on any atom is -0.462 e. The van der Waals surface area contributed by atoms with E-state index in [4.69, 9.17) is 37.0 Å². The number of hydrogen-bond acceptors (Lipinski definition) is 15. The van der Waals surface area contributed by atoms with Gasteiger partial charge in [0, 0.05) is 25.7 Å². The van der Waals surface area contributed by atoms with Gasteiger partial charge >= 0.3 is 39.5 Å². The van der Waals surface area contributed by atoms with Gasteiger partial charge < -0.3 is 33.8 Å². The maximum absolute atomic E-state index is 13.1. The fraction of sp³-hybridized carbons (Fsp3) is 0.951. The zero-order valence-electron chi connectivity index (χ0n) is 65.3. The zero-order chi connectivity index (χ0) is 73.4. The number of unbranched alkanes of at least 4 members (excludes halogenated alkanes) is 52. The van der Waals surface area contributed by atoms with E-state index in [0.29, 0.717) is 25.7 Å². The first-order chi connectivity index (χ1) is 48.6. The molecule has 0 saturated heterocycles. The van der Waals surface area contributed by atoms with Crippen LogP contribution in [0.4, 0.5) is 0 Å². The summed E-state index contributed by atoms with van der Waals surface area (Å²) in [5.74, 6) is -1.30. The molecule has 0 aliphatic carbocycles. The van der Waals surface area contributed by atoms with E-state index in [0.717, 1.165) is 95.8 Å². The van der Waals surface area contributed by atoms with Crippen molar-refractivity contribution in [2.75, 3.05) is 39.6 Å². The number of carbonyl (C=O) groups excluding carboxylic acids is 4. The van der Waals surface area contributed by atoms with E-state index < -0.39 is 97.5 Å². The monoisotopic (exact) mass is 1470 g/mol. The topological polar surface area (TPSA) is 237 Å². The molecule has 6 atom stereocenters. The van der Waals surface area contributed by atoms with Crippen LogP contribution in [0.25, 0.3) is 0 Å². The van der Waals surface area contributed by atoms with Crippen molar-refractivity contribution in [2.45, 2.75) is 451 Å². The molecule has 0 amide bonds. The molecule has 0 fully saturated rings. The van der Waals surface area contributed by atoms with Crippen molar-refractivity contribution >= 4 is 39.5 Å². The van der Waals surface area contributed by atoms with Crippen LogP contribution < -0.4 is 0 Å². The first kappa shape index (κ1) is 98.1. The highest BCUT2D eigenvalue weighted by Crippen LogP contribution is 2.45. The van der Waals surface area contributed by atoms with Gasteiger partial charge in [0.25, 0.3) is 0 Å². The van der Waals surface area contributed by atoms with Crippen LogP contribution in [0.15, 0.2) is 0 Å². The Hall–Kier alpha value is -1.94. The summed E-state index contributed by atoms with van der Waals surface area (Å²) in [6.07, 6.45) is 65.0. The standard InChI is InChI=1S/C81H158O17P2/c1-6-10-13-16-19-22-25-27-29-31-33-35-37-40-46-51-56-61-66-80(85)97-76(71-92-79(84)65-60-55-50-45-39-36-34-32-30-28-26-23-20-17-14-11-7-2)72-95-99(87,88)93-68-75(82)69-94-100(89,90)96-73-77(70-91-78(83)64-59-54-49-44-38-24-21-18-15-12-8-3)98-81(86)67-62-57-52-47-42-41-43-48-53-58-63-74(5)9-4/h74-77,82H,6-73H2,1-5H3,(H,87,88)(H,89,90)/t74?,75-,76-,77-/m1/s1. The van der Waals surface area contributed by atoms with Crippen LogP contribution in [0.3, 0.4) is 0 Å². The van der Waals surface area contributed by atoms with Gasteiger partial charge in [0.2, 0.25) is 0 Å². The number of carbonyl (C=O) groups is 4. The summed E-state index contributed by atoms with van der Waals surface area (Å²) < 4.78 is 68.7. The molecule has 0 saturated carbocycles. The lowest BCUT2D eigenvalue weighted by atomic mass is 9.99. The highest BCUT2D eigenvalue weighted by Gasteiger charge is 2.30. The first-order valence-electron chi connectivity index (χ1n) is 42.2. The predicted molar refractivity (Wildman–Crippen MR) is 409 cm³/mol. The molecule has 3 unspecified atom stereocenters. The second-order valence-electron chi connectivity index (χ2n) is 29.4. The summed E-state index contributed by atoms with van der Waals surface area (Å²) >= 11 is 0. The van der Waals surface area contributed by atoms with E-state index in [1.807, 2.05) is 0 Å². The molecule has 17 nitrogen and oxygen atoms in total. The Morgan fingerprint density at radius 3 is 0.710 bits per heavy atom. The third kappa shape index (κ3) is 73.0. The number of phosphoric ester groups is 2. The van der Waals surface area contributed by atoms with Gasteiger partial charge in [-0.25, -0.2) is 9.13 Å². The van der Waals surface area contributed by atoms with Gasteiger partial charge in [0.1, 0.15) is 19.3 Å². The molecule has 0 radical (unpaired) electrons. The van der Waals surface area contributed by atoms with E-state index in [2.05, 4.69) is 34.6 Å². The smallest absolute Gasteiger partial charge is 0.462 e. The number of esters is 4. The highest BCUT2D eigenvalue weighted by molar-refractivity contribution is 7.47. The molecule has 0 aliphatic rings. The summed E-state index contributed by atoms with van der Waals surface area (Å²) in [4.78, 5) is 73.0. The van der Waals surface area contributed by atoms with Gasteiger partial charge in [0.15, 0.2) is 12.2 Å².